The molecule has 0 unspecified atom stereocenters. The van der Waals surface area contributed by atoms with Gasteiger partial charge in [-0.05, 0) is 23.3 Å². The molecule has 25 heavy (non-hydrogen) atoms. The van der Waals surface area contributed by atoms with Crippen LogP contribution in [0.1, 0.15) is 11.1 Å². The molecule has 1 heterocycles. The maximum atomic E-state index is 13.7. The Morgan fingerprint density at radius 2 is 2.00 bits per heavy atom. The van der Waals surface area contributed by atoms with Crippen molar-refractivity contribution in [1.82, 2.24) is 10.2 Å². The third kappa shape index (κ3) is 5.26. The van der Waals surface area contributed by atoms with E-state index >= 15 is 0 Å². The zero-order valence-electron chi connectivity index (χ0n) is 12.9. The molecule has 128 valence electrons. The number of benzene rings is 2. The molecule has 0 aliphatic rings. The molecule has 0 radical (unpaired) electrons. The first kappa shape index (κ1) is 17.8. The van der Waals surface area contributed by atoms with E-state index in [9.17, 15) is 9.18 Å². The fourth-order valence-corrected chi connectivity index (χ4v) is 3.92. The standard InChI is InChI=1S/C17H13ClFN3OS2/c18-13-7-6-12(14(19)9-13)8-15(23)20-16-21-22-17(25-16)24-10-11-4-2-1-3-5-11/h1-7,9H,8,10H2,(H,20,21,23). The Labute approximate surface area is 157 Å². The molecule has 1 N–H and O–H groups in total. The van der Waals surface area contributed by atoms with Gasteiger partial charge in [0, 0.05) is 10.8 Å². The van der Waals surface area contributed by atoms with Crippen molar-refractivity contribution in [1.29, 1.82) is 0 Å². The smallest absolute Gasteiger partial charge is 0.230 e. The lowest BCUT2D eigenvalue weighted by molar-refractivity contribution is -0.115. The number of hydrogen-bond donors (Lipinski definition) is 1. The number of nitrogens with zero attached hydrogens (tertiary/aromatic N) is 2. The van der Waals surface area contributed by atoms with Crippen LogP contribution in [-0.4, -0.2) is 16.1 Å². The van der Waals surface area contributed by atoms with Gasteiger partial charge in [0.25, 0.3) is 0 Å². The summed E-state index contributed by atoms with van der Waals surface area (Å²) in [5, 5.41) is 11.3. The normalized spacial score (nSPS) is 10.6. The van der Waals surface area contributed by atoms with Crippen molar-refractivity contribution in [3.8, 4) is 0 Å². The second-order valence-corrected chi connectivity index (χ2v) is 7.74. The van der Waals surface area contributed by atoms with Crippen LogP contribution < -0.4 is 5.32 Å². The first-order chi connectivity index (χ1) is 12.1. The Hall–Kier alpha value is -1.96. The van der Waals surface area contributed by atoms with Gasteiger partial charge in [0.05, 0.1) is 6.42 Å². The van der Waals surface area contributed by atoms with E-state index in [0.717, 1.165) is 10.1 Å². The summed E-state index contributed by atoms with van der Waals surface area (Å²) in [6.45, 7) is 0. The maximum absolute atomic E-state index is 13.7. The van der Waals surface area contributed by atoms with Crippen LogP contribution in [0.5, 0.6) is 0 Å². The first-order valence-corrected chi connectivity index (χ1v) is 9.52. The molecule has 3 aromatic rings. The molecule has 1 amide bonds. The Morgan fingerprint density at radius 1 is 1.20 bits per heavy atom. The summed E-state index contributed by atoms with van der Waals surface area (Å²) in [5.74, 6) is -0.0737. The number of hydrogen-bond acceptors (Lipinski definition) is 5. The molecule has 3 rings (SSSR count). The van der Waals surface area contributed by atoms with Crippen molar-refractivity contribution in [2.75, 3.05) is 5.32 Å². The van der Waals surface area contributed by atoms with Crippen LogP contribution in [0.2, 0.25) is 5.02 Å². The van der Waals surface area contributed by atoms with Gasteiger partial charge < -0.3 is 5.32 Å². The number of aromatic nitrogens is 2. The number of nitrogens with one attached hydrogen (secondary N) is 1. The number of carbonyl (C=O) groups excluding carboxylic acids is 1. The number of halogens is 2. The minimum absolute atomic E-state index is 0.0882. The highest BCUT2D eigenvalue weighted by Crippen LogP contribution is 2.28. The molecule has 0 atom stereocenters. The second kappa shape index (κ2) is 8.42. The van der Waals surface area contributed by atoms with Gasteiger partial charge in [0.2, 0.25) is 11.0 Å². The fraction of sp³-hybridized carbons (Fsp3) is 0.118. The van der Waals surface area contributed by atoms with Crippen molar-refractivity contribution in [3.05, 3.63) is 70.5 Å². The van der Waals surface area contributed by atoms with Gasteiger partial charge in [0.1, 0.15) is 5.82 Å². The van der Waals surface area contributed by atoms with E-state index < -0.39 is 5.82 Å². The van der Waals surface area contributed by atoms with Gasteiger partial charge in [0.15, 0.2) is 4.34 Å². The van der Waals surface area contributed by atoms with Crippen molar-refractivity contribution in [2.45, 2.75) is 16.5 Å². The van der Waals surface area contributed by atoms with Crippen LogP contribution in [0.3, 0.4) is 0 Å². The molecular weight excluding hydrogens is 381 g/mol. The quantitative estimate of drug-likeness (QED) is 0.482. The predicted molar refractivity (Wildman–Crippen MR) is 99.7 cm³/mol. The summed E-state index contributed by atoms with van der Waals surface area (Å²) in [5.41, 5.74) is 1.47. The van der Waals surface area contributed by atoms with Gasteiger partial charge in [-0.25, -0.2) is 4.39 Å². The van der Waals surface area contributed by atoms with Gasteiger partial charge in [-0.1, -0.05) is 71.1 Å². The number of rotatable bonds is 6. The van der Waals surface area contributed by atoms with E-state index in [4.69, 9.17) is 11.6 Å². The Bertz CT molecular complexity index is 873. The average Bonchev–Trinajstić information content (AvgIpc) is 3.04. The van der Waals surface area contributed by atoms with Crippen LogP contribution in [0.4, 0.5) is 9.52 Å². The van der Waals surface area contributed by atoms with E-state index in [1.165, 1.54) is 29.0 Å². The summed E-state index contributed by atoms with van der Waals surface area (Å²) >= 11 is 8.54. The highest BCUT2D eigenvalue weighted by Gasteiger charge is 2.12. The van der Waals surface area contributed by atoms with Crippen LogP contribution in [-0.2, 0) is 17.0 Å². The second-order valence-electron chi connectivity index (χ2n) is 5.11. The van der Waals surface area contributed by atoms with Gasteiger partial charge in [-0.3, -0.25) is 4.79 Å². The van der Waals surface area contributed by atoms with Gasteiger partial charge in [-0.15, -0.1) is 10.2 Å². The summed E-state index contributed by atoms with van der Waals surface area (Å²) < 4.78 is 14.5. The predicted octanol–water partition coefficient (Wildman–Crippen LogP) is 4.80. The van der Waals surface area contributed by atoms with Crippen molar-refractivity contribution < 1.29 is 9.18 Å². The fourth-order valence-electron chi connectivity index (χ4n) is 2.04. The van der Waals surface area contributed by atoms with Crippen molar-refractivity contribution >= 4 is 45.7 Å². The molecule has 0 saturated heterocycles. The average molecular weight is 394 g/mol. The Morgan fingerprint density at radius 3 is 2.76 bits per heavy atom. The molecule has 0 spiro atoms. The number of anilines is 1. The van der Waals surface area contributed by atoms with Gasteiger partial charge in [-0.2, -0.15) is 0 Å². The highest BCUT2D eigenvalue weighted by molar-refractivity contribution is 8.00. The number of amides is 1. The van der Waals surface area contributed by atoms with E-state index in [1.807, 2.05) is 30.3 Å². The van der Waals surface area contributed by atoms with E-state index in [-0.39, 0.29) is 17.9 Å². The lowest BCUT2D eigenvalue weighted by Crippen LogP contribution is -2.15. The molecule has 0 fully saturated rings. The monoisotopic (exact) mass is 393 g/mol. The van der Waals surface area contributed by atoms with Crippen LogP contribution in [0.15, 0.2) is 52.9 Å². The molecule has 0 bridgehead atoms. The number of carbonyl (C=O) groups is 1. The molecule has 1 aromatic heterocycles. The van der Waals surface area contributed by atoms with E-state index in [2.05, 4.69) is 15.5 Å². The van der Waals surface area contributed by atoms with Crippen molar-refractivity contribution in [2.24, 2.45) is 0 Å². The van der Waals surface area contributed by atoms with Crippen LogP contribution in [0, 0.1) is 5.82 Å². The summed E-state index contributed by atoms with van der Waals surface area (Å²) in [6, 6.07) is 14.3. The molecule has 0 aliphatic heterocycles. The Kier molecular flexibility index (Phi) is 6.01. The summed E-state index contributed by atoms with van der Waals surface area (Å²) in [4.78, 5) is 12.0. The lowest BCUT2D eigenvalue weighted by Gasteiger charge is -2.03. The van der Waals surface area contributed by atoms with Crippen molar-refractivity contribution in [3.63, 3.8) is 0 Å². The number of thioether (sulfide) groups is 1. The SMILES string of the molecule is O=C(Cc1ccc(Cl)cc1F)Nc1nnc(SCc2ccccc2)s1. The first-order valence-electron chi connectivity index (χ1n) is 7.34. The highest BCUT2D eigenvalue weighted by atomic mass is 35.5. The molecular formula is C17H13ClFN3OS2. The minimum atomic E-state index is -0.501. The van der Waals surface area contributed by atoms with Gasteiger partial charge >= 0.3 is 0 Å². The third-order valence-corrected chi connectivity index (χ3v) is 5.50. The zero-order chi connectivity index (χ0) is 17.6. The summed E-state index contributed by atoms with van der Waals surface area (Å²) in [6.07, 6.45) is -0.0882. The molecule has 4 nitrogen and oxygen atoms in total. The minimum Gasteiger partial charge on any atom is -0.300 e. The summed E-state index contributed by atoms with van der Waals surface area (Å²) in [7, 11) is 0. The molecule has 8 heteroatoms. The van der Waals surface area contributed by atoms with Crippen LogP contribution in [0.25, 0.3) is 0 Å². The Balaban J connectivity index is 1.54. The van der Waals surface area contributed by atoms with E-state index in [0.29, 0.717) is 10.2 Å². The maximum Gasteiger partial charge on any atom is 0.230 e. The van der Waals surface area contributed by atoms with E-state index in [1.54, 1.807) is 17.8 Å². The topological polar surface area (TPSA) is 54.9 Å². The van der Waals surface area contributed by atoms with Crippen LogP contribution >= 0.6 is 34.7 Å². The lowest BCUT2D eigenvalue weighted by atomic mass is 10.1. The largest absolute Gasteiger partial charge is 0.300 e. The zero-order valence-corrected chi connectivity index (χ0v) is 15.3. The third-order valence-electron chi connectivity index (χ3n) is 3.22. The molecule has 0 aliphatic carbocycles. The molecule has 2 aromatic carbocycles. The molecule has 0 saturated carbocycles.